The first-order valence-corrected chi connectivity index (χ1v) is 9.43. The van der Waals surface area contributed by atoms with Crippen molar-refractivity contribution in [2.24, 2.45) is 0 Å². The van der Waals surface area contributed by atoms with E-state index >= 15 is 0 Å². The summed E-state index contributed by atoms with van der Waals surface area (Å²) in [6.07, 6.45) is 3.71. The fraction of sp³-hybridized carbons (Fsp3) is 0. The van der Waals surface area contributed by atoms with Crippen LogP contribution in [0.25, 0.3) is 54.8 Å². The maximum atomic E-state index is 4.65. The van der Waals surface area contributed by atoms with Gasteiger partial charge in [0.25, 0.3) is 0 Å². The van der Waals surface area contributed by atoms with Gasteiger partial charge in [-0.2, -0.15) is 0 Å². The van der Waals surface area contributed by atoms with E-state index in [4.69, 9.17) is 0 Å². The number of pyridine rings is 2. The molecule has 0 N–H and O–H groups in total. The third kappa shape index (κ3) is 2.15. The van der Waals surface area contributed by atoms with E-state index in [0.29, 0.717) is 0 Å². The van der Waals surface area contributed by atoms with Gasteiger partial charge in [0.15, 0.2) is 0 Å². The predicted octanol–water partition coefficient (Wildman–Crippen LogP) is 6.71. The minimum absolute atomic E-state index is 0.984. The summed E-state index contributed by atoms with van der Waals surface area (Å²) in [6.45, 7) is 0. The second-order valence-electron chi connectivity index (χ2n) is 7.08. The molecule has 28 heavy (non-hydrogen) atoms. The number of benzene rings is 4. The quantitative estimate of drug-likeness (QED) is 0.322. The lowest BCUT2D eigenvalue weighted by Gasteiger charge is -2.17. The Morgan fingerprint density at radius 3 is 1.54 bits per heavy atom. The van der Waals surface area contributed by atoms with Crippen LogP contribution in [0.5, 0.6) is 0 Å². The third-order valence-electron chi connectivity index (χ3n) is 5.53. The smallest absolute Gasteiger partial charge is 0.0708 e. The Bertz CT molecular complexity index is 1330. The Kier molecular flexibility index (Phi) is 3.20. The average Bonchev–Trinajstić information content (AvgIpc) is 2.78. The summed E-state index contributed by atoms with van der Waals surface area (Å²) >= 11 is 0. The molecule has 0 bridgehead atoms. The molecule has 0 aliphatic rings. The molecule has 2 aromatic heterocycles. The van der Waals surface area contributed by atoms with E-state index in [9.17, 15) is 0 Å². The average molecular weight is 356 g/mol. The number of hydrogen-bond acceptors (Lipinski definition) is 2. The van der Waals surface area contributed by atoms with Gasteiger partial charge in [-0.1, -0.05) is 54.6 Å². The molecule has 2 nitrogen and oxygen atoms in total. The minimum Gasteiger partial charge on any atom is -0.256 e. The summed E-state index contributed by atoms with van der Waals surface area (Å²) in [5, 5.41) is 7.60. The molecule has 2 heterocycles. The second-order valence-corrected chi connectivity index (χ2v) is 7.08. The lowest BCUT2D eigenvalue weighted by molar-refractivity contribution is 1.32. The standard InChI is InChI=1S/C26H16N2/c1-3-14-27-23(8-1)21-16-22(24-9-2-4-15-28-24)20-13-11-18-7-5-6-17-10-12-19(21)26(20)25(17)18/h1-16H. The van der Waals surface area contributed by atoms with Crippen LogP contribution in [0.2, 0.25) is 0 Å². The van der Waals surface area contributed by atoms with Gasteiger partial charge in [0, 0.05) is 23.5 Å². The minimum atomic E-state index is 0.984. The van der Waals surface area contributed by atoms with Crippen LogP contribution >= 0.6 is 0 Å². The molecule has 6 rings (SSSR count). The van der Waals surface area contributed by atoms with Crippen molar-refractivity contribution < 1.29 is 0 Å². The highest BCUT2D eigenvalue weighted by Crippen LogP contribution is 2.42. The van der Waals surface area contributed by atoms with Crippen LogP contribution < -0.4 is 0 Å². The predicted molar refractivity (Wildman–Crippen MR) is 117 cm³/mol. The van der Waals surface area contributed by atoms with Crippen LogP contribution in [0.3, 0.4) is 0 Å². The zero-order chi connectivity index (χ0) is 18.5. The van der Waals surface area contributed by atoms with Crippen LogP contribution in [0.4, 0.5) is 0 Å². The number of rotatable bonds is 2. The maximum Gasteiger partial charge on any atom is 0.0708 e. The SMILES string of the molecule is c1ccc(-c2cc(-c3ccccn3)c3ccc4cccc5ccc2c3c54)nc1. The van der Waals surface area contributed by atoms with Crippen molar-refractivity contribution >= 4 is 32.3 Å². The van der Waals surface area contributed by atoms with Gasteiger partial charge in [0.1, 0.15) is 0 Å². The Morgan fingerprint density at radius 2 is 1.04 bits per heavy atom. The molecule has 6 aromatic rings. The molecule has 0 aliphatic heterocycles. The van der Waals surface area contributed by atoms with E-state index in [1.54, 1.807) is 0 Å². The van der Waals surface area contributed by atoms with Gasteiger partial charge in [0.2, 0.25) is 0 Å². The summed E-state index contributed by atoms with van der Waals surface area (Å²) < 4.78 is 0. The van der Waals surface area contributed by atoms with Gasteiger partial charge >= 0.3 is 0 Å². The molecule has 0 spiro atoms. The Morgan fingerprint density at radius 1 is 0.464 bits per heavy atom. The van der Waals surface area contributed by atoms with Crippen molar-refractivity contribution in [3.63, 3.8) is 0 Å². The van der Waals surface area contributed by atoms with Crippen molar-refractivity contribution in [2.45, 2.75) is 0 Å². The van der Waals surface area contributed by atoms with E-state index < -0.39 is 0 Å². The monoisotopic (exact) mass is 356 g/mol. The molecule has 2 heteroatoms. The highest BCUT2D eigenvalue weighted by molar-refractivity contribution is 6.27. The Labute approximate surface area is 162 Å². The molecule has 0 radical (unpaired) electrons. The van der Waals surface area contributed by atoms with Gasteiger partial charge in [-0.25, -0.2) is 0 Å². The highest BCUT2D eigenvalue weighted by atomic mass is 14.7. The van der Waals surface area contributed by atoms with E-state index in [1.807, 2.05) is 36.7 Å². The summed E-state index contributed by atoms with van der Waals surface area (Å²) in [5.41, 5.74) is 4.26. The molecule has 0 saturated carbocycles. The number of aromatic nitrogens is 2. The highest BCUT2D eigenvalue weighted by Gasteiger charge is 2.17. The molecule has 0 amide bonds. The van der Waals surface area contributed by atoms with Crippen LogP contribution in [0.15, 0.2) is 97.3 Å². The van der Waals surface area contributed by atoms with E-state index in [0.717, 1.165) is 22.5 Å². The van der Waals surface area contributed by atoms with E-state index in [-0.39, 0.29) is 0 Å². The van der Waals surface area contributed by atoms with Crippen LogP contribution in [-0.2, 0) is 0 Å². The fourth-order valence-electron chi connectivity index (χ4n) is 4.30. The molecular weight excluding hydrogens is 340 g/mol. The van der Waals surface area contributed by atoms with Gasteiger partial charge in [-0.05, 0) is 62.6 Å². The van der Waals surface area contributed by atoms with Crippen molar-refractivity contribution in [2.75, 3.05) is 0 Å². The van der Waals surface area contributed by atoms with E-state index in [1.165, 1.54) is 32.3 Å². The molecule has 0 unspecified atom stereocenters. The van der Waals surface area contributed by atoms with Crippen LogP contribution in [-0.4, -0.2) is 9.97 Å². The molecule has 0 aliphatic carbocycles. The lowest BCUT2D eigenvalue weighted by Crippen LogP contribution is -1.92. The first kappa shape index (κ1) is 15.3. The van der Waals surface area contributed by atoms with Gasteiger partial charge in [0.05, 0.1) is 11.4 Å². The number of nitrogens with zero attached hydrogens (tertiary/aromatic N) is 2. The van der Waals surface area contributed by atoms with Crippen LogP contribution in [0.1, 0.15) is 0 Å². The van der Waals surface area contributed by atoms with Crippen molar-refractivity contribution in [3.8, 4) is 22.5 Å². The first-order chi connectivity index (χ1) is 13.9. The summed E-state index contributed by atoms with van der Waals surface area (Å²) in [7, 11) is 0. The lowest BCUT2D eigenvalue weighted by atomic mass is 9.87. The zero-order valence-corrected chi connectivity index (χ0v) is 15.1. The Hall–Kier alpha value is -3.78. The fourth-order valence-corrected chi connectivity index (χ4v) is 4.30. The van der Waals surface area contributed by atoms with Crippen molar-refractivity contribution in [1.82, 2.24) is 9.97 Å². The maximum absolute atomic E-state index is 4.65. The second kappa shape index (κ2) is 5.86. The molecular formula is C26H16N2. The molecule has 0 saturated heterocycles. The van der Waals surface area contributed by atoms with Crippen molar-refractivity contribution in [3.05, 3.63) is 97.3 Å². The summed E-state index contributed by atoms with van der Waals surface area (Å²) in [4.78, 5) is 9.29. The first-order valence-electron chi connectivity index (χ1n) is 9.43. The van der Waals surface area contributed by atoms with Gasteiger partial charge in [-0.3, -0.25) is 9.97 Å². The summed E-state index contributed by atoms with van der Waals surface area (Å²) in [5.74, 6) is 0. The van der Waals surface area contributed by atoms with Gasteiger partial charge < -0.3 is 0 Å². The third-order valence-corrected chi connectivity index (χ3v) is 5.53. The number of hydrogen-bond donors (Lipinski definition) is 0. The van der Waals surface area contributed by atoms with E-state index in [2.05, 4.69) is 70.6 Å². The normalized spacial score (nSPS) is 11.6. The largest absolute Gasteiger partial charge is 0.256 e. The molecule has 4 aromatic carbocycles. The molecule has 0 fully saturated rings. The Balaban J connectivity index is 1.86. The zero-order valence-electron chi connectivity index (χ0n) is 15.1. The summed E-state index contributed by atoms with van der Waals surface area (Å²) in [6, 6.07) is 29.8. The van der Waals surface area contributed by atoms with Gasteiger partial charge in [-0.15, -0.1) is 0 Å². The molecule has 130 valence electrons. The van der Waals surface area contributed by atoms with Crippen molar-refractivity contribution in [1.29, 1.82) is 0 Å². The van der Waals surface area contributed by atoms with Crippen LogP contribution in [0, 0.1) is 0 Å². The molecule has 0 atom stereocenters. The topological polar surface area (TPSA) is 25.8 Å².